The number of hydrogen-bond donors (Lipinski definition) is 0. The van der Waals surface area contributed by atoms with Gasteiger partial charge in [-0.05, 0) is 84.5 Å². The summed E-state index contributed by atoms with van der Waals surface area (Å²) in [5.74, 6) is 3.28. The average Bonchev–Trinajstić information content (AvgIpc) is 3.83. The van der Waals surface area contributed by atoms with Gasteiger partial charge in [-0.25, -0.2) is 0 Å². The molecule has 0 unspecified atom stereocenters. The second-order valence-electron chi connectivity index (χ2n) is 21.0. The van der Waals surface area contributed by atoms with E-state index >= 15 is 0 Å². The third kappa shape index (κ3) is 6.93. The summed E-state index contributed by atoms with van der Waals surface area (Å²) in [5.41, 5.74) is 9.70. The molecule has 0 spiro atoms. The van der Waals surface area contributed by atoms with Crippen LogP contribution in [0.5, 0.6) is 23.0 Å². The summed E-state index contributed by atoms with van der Waals surface area (Å²) in [5, 5.41) is 11.7. The SMILES string of the molecule is c1ccc([Si](O[Si](c2ccccc2)(c2ccccc2)c2ccc3c(c2)c2cccc(-n4c5ccccc5c5ccccc54)c2n3-c2cc3c4c(c2)Oc2ccccc2B4c2ccccc2O3)(c2ccccc2)c2ccccc2)cc1. The van der Waals surface area contributed by atoms with Gasteiger partial charge < -0.3 is 22.7 Å². The third-order valence-corrected chi connectivity index (χ3v) is 26.0. The molecule has 2 aliphatic rings. The summed E-state index contributed by atoms with van der Waals surface area (Å²) in [4.78, 5) is 0. The van der Waals surface area contributed by atoms with Crippen LogP contribution in [0.15, 0.2) is 297 Å². The minimum atomic E-state index is -3.62. The van der Waals surface area contributed by atoms with Crippen LogP contribution in [-0.4, -0.2) is 32.5 Å². The van der Waals surface area contributed by atoms with Gasteiger partial charge in [0, 0.05) is 39.1 Å². The van der Waals surface area contributed by atoms with Crippen molar-refractivity contribution in [1.29, 1.82) is 0 Å². The molecule has 0 amide bonds. The quantitative estimate of drug-likeness (QED) is 0.101. The van der Waals surface area contributed by atoms with Gasteiger partial charge in [-0.15, -0.1) is 0 Å². The molecule has 14 aromatic rings. The van der Waals surface area contributed by atoms with Gasteiger partial charge in [-0.1, -0.05) is 243 Å². The summed E-state index contributed by atoms with van der Waals surface area (Å²) >= 11 is 0. The van der Waals surface area contributed by atoms with Crippen LogP contribution in [0.25, 0.3) is 55.0 Å². The van der Waals surface area contributed by atoms with Crippen molar-refractivity contribution in [3.05, 3.63) is 297 Å². The van der Waals surface area contributed by atoms with Crippen molar-refractivity contribution in [2.45, 2.75) is 0 Å². The topological polar surface area (TPSA) is 37.5 Å². The normalized spacial score (nSPS) is 12.7. The maximum atomic E-state index is 8.87. The predicted molar refractivity (Wildman–Crippen MR) is 335 cm³/mol. The fourth-order valence-corrected chi connectivity index (χ4v) is 24.0. The highest BCUT2D eigenvalue weighted by molar-refractivity contribution is 7.18. The Labute approximate surface area is 466 Å². The van der Waals surface area contributed by atoms with Gasteiger partial charge in [0.25, 0.3) is 23.3 Å². The number of nitrogens with zero attached hydrogens (tertiary/aromatic N) is 2. The highest BCUT2D eigenvalue weighted by Gasteiger charge is 2.53. The molecule has 0 atom stereocenters. The number of para-hydroxylation sites is 5. The van der Waals surface area contributed by atoms with Crippen molar-refractivity contribution in [3.63, 3.8) is 0 Å². The molecule has 8 heteroatoms. The van der Waals surface area contributed by atoms with Crippen molar-refractivity contribution in [1.82, 2.24) is 9.13 Å². The van der Waals surface area contributed by atoms with E-state index in [1.165, 1.54) is 26.3 Å². The highest BCUT2D eigenvalue weighted by atomic mass is 28.4. The van der Waals surface area contributed by atoms with E-state index in [1.54, 1.807) is 0 Å². The fourth-order valence-electron chi connectivity index (χ4n) is 13.4. The van der Waals surface area contributed by atoms with Crippen LogP contribution in [0, 0.1) is 0 Å². The third-order valence-electron chi connectivity index (χ3n) is 16.7. The van der Waals surface area contributed by atoms with Crippen molar-refractivity contribution >= 4 is 114 Å². The van der Waals surface area contributed by atoms with Crippen LogP contribution in [0.4, 0.5) is 0 Å². The van der Waals surface area contributed by atoms with Crippen molar-refractivity contribution < 1.29 is 13.6 Å². The fraction of sp³-hybridized carbons (Fsp3) is 0. The number of ether oxygens (including phenoxy) is 2. The van der Waals surface area contributed by atoms with E-state index < -0.39 is 16.6 Å². The Hall–Kier alpha value is -9.70. The van der Waals surface area contributed by atoms with Gasteiger partial charge >= 0.3 is 0 Å². The minimum Gasteiger partial charge on any atom is -0.458 e. The zero-order valence-corrected chi connectivity index (χ0v) is 45.5. The largest absolute Gasteiger partial charge is 0.458 e. The molecule has 0 aliphatic carbocycles. The number of rotatable bonds is 10. The Morgan fingerprint density at radius 1 is 0.300 bits per heavy atom. The van der Waals surface area contributed by atoms with Crippen LogP contribution in [0.3, 0.4) is 0 Å². The lowest BCUT2D eigenvalue weighted by Gasteiger charge is -2.44. The maximum Gasteiger partial charge on any atom is 0.278 e. The lowest BCUT2D eigenvalue weighted by molar-refractivity contribution is 0.464. The van der Waals surface area contributed by atoms with E-state index in [2.05, 4.69) is 306 Å². The van der Waals surface area contributed by atoms with Gasteiger partial charge in [0.2, 0.25) is 0 Å². The molecule has 0 radical (unpaired) electrons. The average molecular weight is 1060 g/mol. The van der Waals surface area contributed by atoms with Gasteiger partial charge in [0.05, 0.1) is 33.4 Å². The van der Waals surface area contributed by atoms with Gasteiger partial charge in [-0.2, -0.15) is 0 Å². The molecule has 0 saturated heterocycles. The zero-order valence-electron chi connectivity index (χ0n) is 43.5. The number of fused-ring (bicyclic) bond motifs is 10. The Morgan fingerprint density at radius 2 is 0.700 bits per heavy atom. The smallest absolute Gasteiger partial charge is 0.278 e. The van der Waals surface area contributed by atoms with Crippen LogP contribution < -0.4 is 57.0 Å². The van der Waals surface area contributed by atoms with E-state index in [0.29, 0.717) is 0 Å². The van der Waals surface area contributed by atoms with Crippen LogP contribution in [0.1, 0.15) is 0 Å². The first-order valence-corrected chi connectivity index (χ1v) is 31.2. The molecule has 12 aromatic carbocycles. The molecule has 0 bridgehead atoms. The molecular weight excluding hydrogens is 1010 g/mol. The second kappa shape index (κ2) is 18.5. The van der Waals surface area contributed by atoms with Gasteiger partial charge in [-0.3, -0.25) is 0 Å². The van der Waals surface area contributed by atoms with E-state index in [0.717, 1.165) is 99.2 Å². The molecule has 80 heavy (non-hydrogen) atoms. The number of benzene rings is 12. The molecule has 0 saturated carbocycles. The molecule has 376 valence electrons. The van der Waals surface area contributed by atoms with E-state index in [4.69, 9.17) is 13.6 Å². The van der Waals surface area contributed by atoms with E-state index in [9.17, 15) is 0 Å². The molecule has 2 aromatic heterocycles. The van der Waals surface area contributed by atoms with Crippen LogP contribution >= 0.6 is 0 Å². The Kier molecular flexibility index (Phi) is 10.7. The van der Waals surface area contributed by atoms with Gasteiger partial charge in [0.15, 0.2) is 0 Å². The summed E-state index contributed by atoms with van der Waals surface area (Å²) in [6.45, 7) is -0.0507. The van der Waals surface area contributed by atoms with Crippen LogP contribution in [-0.2, 0) is 4.12 Å². The predicted octanol–water partition coefficient (Wildman–Crippen LogP) is 11.3. The molecule has 0 fully saturated rings. The molecule has 5 nitrogen and oxygen atoms in total. The first-order chi connectivity index (χ1) is 39.7. The van der Waals surface area contributed by atoms with Crippen molar-refractivity contribution in [2.24, 2.45) is 0 Å². The zero-order chi connectivity index (χ0) is 52.8. The van der Waals surface area contributed by atoms with Crippen LogP contribution in [0.2, 0.25) is 0 Å². The first kappa shape index (κ1) is 46.4. The maximum absolute atomic E-state index is 8.87. The molecular formula is C72H49BN2O3Si2. The second-order valence-corrected chi connectivity index (χ2v) is 28.0. The highest BCUT2D eigenvalue weighted by Crippen LogP contribution is 2.43. The molecule has 2 aliphatic heterocycles. The molecule has 4 heterocycles. The van der Waals surface area contributed by atoms with Crippen molar-refractivity contribution in [2.75, 3.05) is 0 Å². The minimum absolute atomic E-state index is 0.0507. The van der Waals surface area contributed by atoms with E-state index in [-0.39, 0.29) is 6.71 Å². The summed E-state index contributed by atoms with van der Waals surface area (Å²) in [6.07, 6.45) is 0. The first-order valence-electron chi connectivity index (χ1n) is 27.4. The molecule has 16 rings (SSSR count). The van der Waals surface area contributed by atoms with Crippen molar-refractivity contribution in [3.8, 4) is 34.4 Å². The monoisotopic (exact) mass is 1060 g/mol. The Balaban J connectivity index is 1.02. The number of hydrogen-bond acceptors (Lipinski definition) is 3. The van der Waals surface area contributed by atoms with Gasteiger partial charge in [0.1, 0.15) is 23.0 Å². The van der Waals surface area contributed by atoms with E-state index in [1.807, 2.05) is 0 Å². The summed E-state index contributed by atoms with van der Waals surface area (Å²) < 4.78 is 27.9. The summed E-state index contributed by atoms with van der Waals surface area (Å²) in [7, 11) is -7.04. The number of aromatic nitrogens is 2. The standard InChI is InChI=1S/C72H49BN2O3Si2/c1-6-25-51(26-7-1)79(52-27-8-2-9-28-52,53-29-10-3-11-30-53)78-80(54-31-12-4-13-32-54,55-33-14-5-15-34-55)56-45-46-65-60(49-56)59-37-24-42-66(75-63-40-20-16-35-57(63)58-36-17-21-41-64(58)75)72(59)74(65)50-47-69-71-70(48-50)77-68-44-23-19-39-62(68)73(71)61-38-18-22-43-67(61)76-69/h1-49H. The summed E-state index contributed by atoms with van der Waals surface area (Å²) in [6, 6.07) is 108. The lowest BCUT2D eigenvalue weighted by atomic mass is 9.35. The Bertz CT molecular complexity index is 4440. The molecule has 0 N–H and O–H groups in total. The Morgan fingerprint density at radius 3 is 1.19 bits per heavy atom. The lowest BCUT2D eigenvalue weighted by Crippen LogP contribution is -2.81.